The molecule has 4 unspecified atom stereocenters. The van der Waals surface area contributed by atoms with E-state index < -0.39 is 23.1 Å². The van der Waals surface area contributed by atoms with Crippen LogP contribution in [0.4, 0.5) is 0 Å². The monoisotopic (exact) mass is 576 g/mol. The maximum atomic E-state index is 10.3. The van der Waals surface area contributed by atoms with E-state index in [1.165, 1.54) is 25.7 Å². The van der Waals surface area contributed by atoms with Gasteiger partial charge in [-0.25, -0.2) is 0 Å². The molecule has 0 aromatic rings. The normalized spacial score (nSPS) is 26.4. The van der Waals surface area contributed by atoms with E-state index in [0.717, 1.165) is 0 Å². The predicted molar refractivity (Wildman–Crippen MR) is 123 cm³/mol. The molecule has 0 heterocycles. The molecule has 2 saturated carbocycles. The first-order valence-corrected chi connectivity index (χ1v) is 15.6. The van der Waals surface area contributed by atoms with Gasteiger partial charge in [0, 0.05) is 11.8 Å². The molecule has 0 radical (unpaired) electrons. The van der Waals surface area contributed by atoms with Crippen LogP contribution in [0.3, 0.4) is 0 Å². The van der Waals surface area contributed by atoms with Gasteiger partial charge in [0.25, 0.3) is 0 Å². The Bertz CT molecular complexity index is 549. The van der Waals surface area contributed by atoms with E-state index in [1.54, 1.807) is 21.0 Å². The summed E-state index contributed by atoms with van der Waals surface area (Å²) in [6.45, 7) is 12.7. The van der Waals surface area contributed by atoms with Gasteiger partial charge in [-0.3, -0.25) is 0 Å². The van der Waals surface area contributed by atoms with Crippen LogP contribution in [-0.4, -0.2) is 80.9 Å². The number of unbranched alkanes of at least 4 members (excludes halogenated alkanes) is 2. The van der Waals surface area contributed by atoms with Gasteiger partial charge >= 0.3 is 69.5 Å². The van der Waals surface area contributed by atoms with E-state index in [-0.39, 0.29) is 59.0 Å². The van der Waals surface area contributed by atoms with Crippen molar-refractivity contribution in [3.8, 4) is 0 Å². The molecule has 0 aromatic carbocycles. The van der Waals surface area contributed by atoms with Crippen LogP contribution in [0.2, 0.25) is 8.87 Å². The van der Waals surface area contributed by atoms with E-state index in [4.69, 9.17) is 9.47 Å². The average Bonchev–Trinajstić information content (AvgIpc) is 3.65. The molecule has 2 N–H and O–H groups in total. The Balaban J connectivity index is 0.000000472. The van der Waals surface area contributed by atoms with Crippen LogP contribution in [-0.2, 0) is 19.1 Å². The van der Waals surface area contributed by atoms with Crippen molar-refractivity contribution in [1.29, 1.82) is 0 Å². The Morgan fingerprint density at radius 3 is 1.52 bits per heavy atom. The van der Waals surface area contributed by atoms with Crippen LogP contribution >= 0.6 is 0 Å². The van der Waals surface area contributed by atoms with Crippen molar-refractivity contribution in [2.24, 2.45) is 11.8 Å². The van der Waals surface area contributed by atoms with Crippen molar-refractivity contribution < 1.29 is 39.5 Å². The zero-order valence-electron chi connectivity index (χ0n) is 20.1. The summed E-state index contributed by atoms with van der Waals surface area (Å²) in [6, 6.07) is 0. The van der Waals surface area contributed by atoms with E-state index in [1.807, 2.05) is 0 Å². The first-order valence-electron chi connectivity index (χ1n) is 11.6. The molecule has 2 aliphatic carbocycles. The second-order valence-corrected chi connectivity index (χ2v) is 12.6. The third kappa shape index (κ3) is 12.9. The standard InChI is InChI=1S/2C8H12O4.2C4H9.Sn/c2*1-2-3-12-5-6-4-8(6,11)7(9)10;2*1-3-4-2;/h2*2,6,11H,1,3-5H2,(H,9,10);2*1,3-4H2,2H3;/q;;;;+2/p-2. The number of carbonyl (C=O) groups excluding carboxylic acids is 2. The van der Waals surface area contributed by atoms with Crippen LogP contribution < -0.4 is 10.2 Å². The van der Waals surface area contributed by atoms with Crippen molar-refractivity contribution in [1.82, 2.24) is 0 Å². The summed E-state index contributed by atoms with van der Waals surface area (Å²) < 4.78 is 13.2. The molecule has 8 nitrogen and oxygen atoms in total. The molecular formula is C24H40O8Sn. The van der Waals surface area contributed by atoms with E-state index >= 15 is 0 Å². The molecule has 0 bridgehead atoms. The maximum absolute atomic E-state index is 10.3. The molecule has 2 aliphatic rings. The van der Waals surface area contributed by atoms with Crippen molar-refractivity contribution in [3.63, 3.8) is 0 Å². The number of carbonyl (C=O) groups is 2. The molecule has 33 heavy (non-hydrogen) atoms. The van der Waals surface area contributed by atoms with Crippen LogP contribution in [0.25, 0.3) is 0 Å². The minimum atomic E-state index is -1.64. The predicted octanol–water partition coefficient (Wildman–Crippen LogP) is 0.507. The Kier molecular flexibility index (Phi) is 17.0. The molecule has 2 rings (SSSR count). The van der Waals surface area contributed by atoms with E-state index in [0.29, 0.717) is 13.2 Å². The van der Waals surface area contributed by atoms with Gasteiger partial charge in [0.05, 0.1) is 38.4 Å². The first kappa shape index (κ1) is 32.1. The van der Waals surface area contributed by atoms with Gasteiger partial charge in [0.2, 0.25) is 0 Å². The number of ether oxygens (including phenoxy) is 2. The Morgan fingerprint density at radius 1 is 0.909 bits per heavy atom. The number of aliphatic carboxylic acids is 2. The average molecular weight is 575 g/mol. The Labute approximate surface area is 208 Å². The Hall–Kier alpha value is -0.941. The second-order valence-electron chi connectivity index (χ2n) is 8.33. The zero-order chi connectivity index (χ0) is 25.3. The molecule has 0 amide bonds. The topological polar surface area (TPSA) is 139 Å². The van der Waals surface area contributed by atoms with E-state index in [9.17, 15) is 30.0 Å². The van der Waals surface area contributed by atoms with Gasteiger partial charge in [-0.15, -0.1) is 13.2 Å². The molecule has 9 heteroatoms. The zero-order valence-corrected chi connectivity index (χ0v) is 22.9. The van der Waals surface area contributed by atoms with E-state index in [2.05, 4.69) is 27.0 Å². The summed E-state index contributed by atoms with van der Waals surface area (Å²) in [5.41, 5.74) is -3.28. The fourth-order valence-corrected chi connectivity index (χ4v) is 7.00. The number of aliphatic hydroxyl groups is 2. The van der Waals surface area contributed by atoms with Crippen LogP contribution in [0, 0.1) is 11.8 Å². The molecule has 4 atom stereocenters. The summed E-state index contributed by atoms with van der Waals surface area (Å²) in [5.74, 6) is -3.45. The third-order valence-corrected chi connectivity index (χ3v) is 9.41. The summed E-state index contributed by atoms with van der Waals surface area (Å²) >= 11 is 0.149. The van der Waals surface area contributed by atoms with Gasteiger partial charge < -0.3 is 39.5 Å². The molecule has 188 valence electrons. The van der Waals surface area contributed by atoms with Gasteiger partial charge in [-0.1, -0.05) is 12.2 Å². The van der Waals surface area contributed by atoms with Crippen molar-refractivity contribution in [3.05, 3.63) is 25.3 Å². The summed E-state index contributed by atoms with van der Waals surface area (Å²) in [7, 11) is 0. The summed E-state index contributed by atoms with van der Waals surface area (Å²) in [4.78, 5) is 20.6. The fraction of sp³-hybridized carbons (Fsp3) is 0.750. The second kappa shape index (κ2) is 17.5. The number of carboxylic acids is 2. The Morgan fingerprint density at radius 2 is 1.27 bits per heavy atom. The summed E-state index contributed by atoms with van der Waals surface area (Å²) in [6.07, 6.45) is 9.44. The molecule has 0 aromatic heterocycles. The fourth-order valence-electron chi connectivity index (χ4n) is 2.84. The number of hydrogen-bond donors (Lipinski definition) is 2. The van der Waals surface area contributed by atoms with Crippen molar-refractivity contribution >= 4 is 33.1 Å². The molecule has 2 fully saturated rings. The van der Waals surface area contributed by atoms with Gasteiger partial charge in [0.1, 0.15) is 11.2 Å². The molecule has 0 aliphatic heterocycles. The van der Waals surface area contributed by atoms with Crippen LogP contribution in [0.5, 0.6) is 0 Å². The third-order valence-electron chi connectivity index (χ3n) is 5.38. The number of rotatable bonds is 16. The number of hydrogen-bond acceptors (Lipinski definition) is 8. The number of carboxylic acid groups (broad SMARTS) is 2. The van der Waals surface area contributed by atoms with Gasteiger partial charge in [0.15, 0.2) is 0 Å². The first-order chi connectivity index (χ1) is 15.6. The molecular weight excluding hydrogens is 535 g/mol. The molecule has 0 spiro atoms. The van der Waals surface area contributed by atoms with Crippen LogP contribution in [0.15, 0.2) is 25.3 Å². The van der Waals surface area contributed by atoms with Crippen LogP contribution in [0.1, 0.15) is 52.4 Å². The van der Waals surface area contributed by atoms with Crippen molar-refractivity contribution in [2.75, 3.05) is 26.4 Å². The van der Waals surface area contributed by atoms with Gasteiger partial charge in [-0.2, -0.15) is 0 Å². The summed E-state index contributed by atoms with van der Waals surface area (Å²) in [5, 5.41) is 39.0. The molecule has 0 saturated heterocycles. The van der Waals surface area contributed by atoms with Gasteiger partial charge in [-0.05, 0) is 12.8 Å². The minimum absolute atomic E-state index is 0.149. The van der Waals surface area contributed by atoms with Crippen molar-refractivity contribution in [2.45, 2.75) is 72.4 Å². The SMILES string of the molecule is C=CCOCC1CC1(O)C(=O)[O-].C=CCOCC1CC1(O)C(=O)[O-].CCC[CH2][Sn+2][CH2]CCC. The quantitative estimate of drug-likeness (QED) is 0.154.